The first kappa shape index (κ1) is 14.9. The van der Waals surface area contributed by atoms with Crippen molar-refractivity contribution in [3.8, 4) is 0 Å². The Balaban J connectivity index is 0.00000180. The smallest absolute Gasteiger partial charge is 0.254 e. The highest BCUT2D eigenvalue weighted by Gasteiger charge is 2.09. The van der Waals surface area contributed by atoms with E-state index < -0.39 is 0 Å². The van der Waals surface area contributed by atoms with Crippen LogP contribution in [-0.4, -0.2) is 27.6 Å². The SMILES string of the molecule is Cc1noc(CCNC(=O)c2cnccc2N)n1.Cl. The molecule has 2 rings (SSSR count). The van der Waals surface area contributed by atoms with Gasteiger partial charge in [-0.2, -0.15) is 4.98 Å². The van der Waals surface area contributed by atoms with Crippen molar-refractivity contribution >= 4 is 24.0 Å². The first-order chi connectivity index (χ1) is 8.66. The van der Waals surface area contributed by atoms with Gasteiger partial charge in [0.15, 0.2) is 5.82 Å². The summed E-state index contributed by atoms with van der Waals surface area (Å²) >= 11 is 0. The summed E-state index contributed by atoms with van der Waals surface area (Å²) in [6.07, 6.45) is 3.45. The zero-order chi connectivity index (χ0) is 13.0. The van der Waals surface area contributed by atoms with Crippen LogP contribution in [0.4, 0.5) is 5.69 Å². The third-order valence-corrected chi connectivity index (χ3v) is 2.29. The van der Waals surface area contributed by atoms with Crippen molar-refractivity contribution in [1.29, 1.82) is 0 Å². The summed E-state index contributed by atoms with van der Waals surface area (Å²) in [6, 6.07) is 1.58. The lowest BCUT2D eigenvalue weighted by molar-refractivity contribution is 0.0954. The van der Waals surface area contributed by atoms with Gasteiger partial charge in [-0.25, -0.2) is 0 Å². The first-order valence-corrected chi connectivity index (χ1v) is 5.43. The van der Waals surface area contributed by atoms with E-state index in [4.69, 9.17) is 10.3 Å². The Morgan fingerprint density at radius 2 is 2.32 bits per heavy atom. The van der Waals surface area contributed by atoms with Crippen molar-refractivity contribution in [3.05, 3.63) is 35.7 Å². The molecule has 0 saturated heterocycles. The number of rotatable bonds is 4. The van der Waals surface area contributed by atoms with Crippen LogP contribution in [0.1, 0.15) is 22.1 Å². The van der Waals surface area contributed by atoms with E-state index in [9.17, 15) is 4.79 Å². The van der Waals surface area contributed by atoms with Gasteiger partial charge in [-0.1, -0.05) is 5.16 Å². The second-order valence-corrected chi connectivity index (χ2v) is 3.70. The normalized spacial score (nSPS) is 9.74. The maximum absolute atomic E-state index is 11.8. The molecular formula is C11H14ClN5O2. The van der Waals surface area contributed by atoms with Crippen LogP contribution in [0.15, 0.2) is 23.0 Å². The fourth-order valence-corrected chi connectivity index (χ4v) is 1.41. The number of nitrogen functional groups attached to an aromatic ring is 1. The molecule has 2 heterocycles. The second kappa shape index (κ2) is 6.69. The van der Waals surface area contributed by atoms with E-state index >= 15 is 0 Å². The van der Waals surface area contributed by atoms with Gasteiger partial charge in [-0.3, -0.25) is 9.78 Å². The van der Waals surface area contributed by atoms with Crippen molar-refractivity contribution < 1.29 is 9.32 Å². The molecule has 0 saturated carbocycles. The number of aromatic nitrogens is 3. The van der Waals surface area contributed by atoms with Crippen LogP contribution in [0.25, 0.3) is 0 Å². The largest absolute Gasteiger partial charge is 0.398 e. The summed E-state index contributed by atoms with van der Waals surface area (Å²) in [5, 5.41) is 6.37. The number of hydrogen-bond acceptors (Lipinski definition) is 6. The molecule has 0 unspecified atom stereocenters. The van der Waals surface area contributed by atoms with Crippen molar-refractivity contribution in [1.82, 2.24) is 20.4 Å². The van der Waals surface area contributed by atoms with Gasteiger partial charge < -0.3 is 15.6 Å². The van der Waals surface area contributed by atoms with E-state index in [1.807, 2.05) is 0 Å². The molecule has 0 spiro atoms. The van der Waals surface area contributed by atoms with Gasteiger partial charge in [0.2, 0.25) is 5.89 Å². The quantitative estimate of drug-likeness (QED) is 0.857. The molecule has 0 aliphatic heterocycles. The predicted molar refractivity (Wildman–Crippen MR) is 71.0 cm³/mol. The Labute approximate surface area is 116 Å². The summed E-state index contributed by atoms with van der Waals surface area (Å²) in [7, 11) is 0. The third kappa shape index (κ3) is 3.92. The lowest BCUT2D eigenvalue weighted by Crippen LogP contribution is -2.26. The minimum atomic E-state index is -0.267. The zero-order valence-corrected chi connectivity index (χ0v) is 11.1. The Hall–Kier alpha value is -2.15. The molecule has 0 aliphatic rings. The van der Waals surface area contributed by atoms with Gasteiger partial charge >= 0.3 is 0 Å². The highest BCUT2D eigenvalue weighted by atomic mass is 35.5. The number of aryl methyl sites for hydroxylation is 1. The number of carbonyl (C=O) groups is 1. The maximum Gasteiger partial charge on any atom is 0.254 e. The number of anilines is 1. The minimum absolute atomic E-state index is 0. The van der Waals surface area contributed by atoms with Gasteiger partial charge in [0.1, 0.15) is 0 Å². The summed E-state index contributed by atoms with van der Waals surface area (Å²) < 4.78 is 4.93. The fraction of sp³-hybridized carbons (Fsp3) is 0.273. The van der Waals surface area contributed by atoms with Gasteiger partial charge in [0.05, 0.1) is 5.56 Å². The van der Waals surface area contributed by atoms with Crippen LogP contribution >= 0.6 is 12.4 Å². The maximum atomic E-state index is 11.8. The van der Waals surface area contributed by atoms with Crippen molar-refractivity contribution in [2.75, 3.05) is 12.3 Å². The Morgan fingerprint density at radius 1 is 1.53 bits per heavy atom. The predicted octanol–water partition coefficient (Wildman–Crippen LogP) is 0.750. The van der Waals surface area contributed by atoms with E-state index in [2.05, 4.69) is 20.4 Å². The highest BCUT2D eigenvalue weighted by molar-refractivity contribution is 5.98. The van der Waals surface area contributed by atoms with Gasteiger partial charge in [-0.15, -0.1) is 12.4 Å². The summed E-state index contributed by atoms with van der Waals surface area (Å²) in [4.78, 5) is 19.6. The van der Waals surface area contributed by atoms with Crippen LogP contribution < -0.4 is 11.1 Å². The van der Waals surface area contributed by atoms with E-state index in [1.165, 1.54) is 12.4 Å². The van der Waals surface area contributed by atoms with E-state index in [-0.39, 0.29) is 18.3 Å². The van der Waals surface area contributed by atoms with Crippen LogP contribution in [0.3, 0.4) is 0 Å². The van der Waals surface area contributed by atoms with E-state index in [0.717, 1.165) is 0 Å². The van der Waals surface area contributed by atoms with Crippen molar-refractivity contribution in [3.63, 3.8) is 0 Å². The number of nitrogens with one attached hydrogen (secondary N) is 1. The molecule has 0 aromatic carbocycles. The molecule has 3 N–H and O–H groups in total. The molecule has 0 atom stereocenters. The minimum Gasteiger partial charge on any atom is -0.398 e. The molecule has 0 bridgehead atoms. The molecule has 2 aromatic rings. The highest BCUT2D eigenvalue weighted by Crippen LogP contribution is 2.07. The molecule has 2 aromatic heterocycles. The first-order valence-electron chi connectivity index (χ1n) is 5.43. The third-order valence-electron chi connectivity index (χ3n) is 2.29. The summed E-state index contributed by atoms with van der Waals surface area (Å²) in [6.45, 7) is 2.14. The van der Waals surface area contributed by atoms with Gasteiger partial charge in [0.25, 0.3) is 5.91 Å². The fourth-order valence-electron chi connectivity index (χ4n) is 1.41. The molecule has 0 radical (unpaired) electrons. The Kier molecular flexibility index (Phi) is 5.25. The second-order valence-electron chi connectivity index (χ2n) is 3.70. The Morgan fingerprint density at radius 3 is 2.95 bits per heavy atom. The number of halogens is 1. The average molecular weight is 284 g/mol. The summed E-state index contributed by atoms with van der Waals surface area (Å²) in [5.41, 5.74) is 6.43. The monoisotopic (exact) mass is 283 g/mol. The molecule has 19 heavy (non-hydrogen) atoms. The van der Waals surface area contributed by atoms with Crippen molar-refractivity contribution in [2.24, 2.45) is 0 Å². The molecule has 0 fully saturated rings. The lowest BCUT2D eigenvalue weighted by Gasteiger charge is -2.05. The zero-order valence-electron chi connectivity index (χ0n) is 10.3. The van der Waals surface area contributed by atoms with Crippen LogP contribution in [0.2, 0.25) is 0 Å². The Bertz CT molecular complexity index is 558. The molecule has 8 heteroatoms. The van der Waals surface area contributed by atoms with E-state index in [0.29, 0.717) is 35.9 Å². The van der Waals surface area contributed by atoms with Crippen LogP contribution in [-0.2, 0) is 6.42 Å². The van der Waals surface area contributed by atoms with Crippen LogP contribution in [0.5, 0.6) is 0 Å². The lowest BCUT2D eigenvalue weighted by atomic mass is 10.2. The molecule has 7 nitrogen and oxygen atoms in total. The molecule has 102 valence electrons. The number of pyridine rings is 1. The molecule has 1 amide bonds. The van der Waals surface area contributed by atoms with Crippen LogP contribution in [0, 0.1) is 6.92 Å². The van der Waals surface area contributed by atoms with Gasteiger partial charge in [0, 0.05) is 31.0 Å². The number of hydrogen-bond donors (Lipinski definition) is 2. The number of amides is 1. The van der Waals surface area contributed by atoms with E-state index in [1.54, 1.807) is 13.0 Å². The number of nitrogens with two attached hydrogens (primary N) is 1. The number of carbonyl (C=O) groups excluding carboxylic acids is 1. The standard InChI is InChI=1S/C11H13N5O2.ClH/c1-7-15-10(18-16-7)3-5-14-11(17)8-6-13-4-2-9(8)12;/h2,4,6H,3,5H2,1H3,(H2,12,13)(H,14,17);1H. The number of nitrogens with zero attached hydrogens (tertiary/aromatic N) is 3. The van der Waals surface area contributed by atoms with Crippen molar-refractivity contribution in [2.45, 2.75) is 13.3 Å². The summed E-state index contributed by atoms with van der Waals surface area (Å²) in [5.74, 6) is 0.802. The molecule has 0 aliphatic carbocycles. The molecular weight excluding hydrogens is 270 g/mol. The topological polar surface area (TPSA) is 107 Å². The average Bonchev–Trinajstić information content (AvgIpc) is 2.75. The van der Waals surface area contributed by atoms with Gasteiger partial charge in [-0.05, 0) is 13.0 Å².